The lowest BCUT2D eigenvalue weighted by molar-refractivity contribution is -0.116. The lowest BCUT2D eigenvalue weighted by Crippen LogP contribution is -2.46. The monoisotopic (exact) mass is 678 g/mol. The van der Waals surface area contributed by atoms with Crippen molar-refractivity contribution in [2.24, 2.45) is 0 Å². The van der Waals surface area contributed by atoms with Crippen LogP contribution in [0, 0.1) is 0 Å². The van der Waals surface area contributed by atoms with Crippen molar-refractivity contribution in [3.8, 4) is 16.9 Å². The van der Waals surface area contributed by atoms with E-state index in [1.165, 1.54) is 11.3 Å². The Labute approximate surface area is 289 Å². The average Bonchev–Trinajstić information content (AvgIpc) is 3.53. The molecule has 49 heavy (non-hydrogen) atoms. The standard InChI is InChI=1S/C38H42N6O4S/c1-48-33-16-13-28(36-35(33)43-38(47)49-36)17-21-39-25-26-11-14-29(15-12-26)40-34(45)20-24-44-22-18-30(19-23-44)41-37(46)42-32-10-6-5-9-31(32)27-7-3-2-4-8-27/h2-16,30,39H,17-25H2,1H3,(H,40,45)(H,43,47)(H2,41,42,46). The van der Waals surface area contributed by atoms with Gasteiger partial charge in [-0.2, -0.15) is 0 Å². The number of amides is 3. The number of fused-ring (bicyclic) bond motifs is 1. The fourth-order valence-electron chi connectivity index (χ4n) is 6.18. The van der Waals surface area contributed by atoms with E-state index in [-0.39, 0.29) is 22.9 Å². The molecule has 5 aromatic rings. The Hall–Kier alpha value is -4.97. The smallest absolute Gasteiger partial charge is 0.319 e. The summed E-state index contributed by atoms with van der Waals surface area (Å²) in [5.41, 5.74) is 6.58. The Morgan fingerprint density at radius 2 is 1.67 bits per heavy atom. The maximum atomic E-state index is 12.8. The molecule has 5 N–H and O–H groups in total. The number of aromatic nitrogens is 1. The van der Waals surface area contributed by atoms with E-state index in [0.717, 1.165) is 82.7 Å². The number of hydrogen-bond donors (Lipinski definition) is 5. The van der Waals surface area contributed by atoms with Gasteiger partial charge >= 0.3 is 10.9 Å². The number of aromatic amines is 1. The van der Waals surface area contributed by atoms with Crippen molar-refractivity contribution >= 4 is 44.9 Å². The average molecular weight is 679 g/mol. The highest BCUT2D eigenvalue weighted by atomic mass is 32.1. The molecule has 1 aliphatic heterocycles. The first-order valence-corrected chi connectivity index (χ1v) is 17.5. The van der Waals surface area contributed by atoms with Crippen LogP contribution < -0.4 is 30.9 Å². The number of likely N-dealkylation sites (tertiary alicyclic amines) is 1. The molecule has 0 spiro atoms. The van der Waals surface area contributed by atoms with Crippen molar-refractivity contribution in [1.29, 1.82) is 0 Å². The van der Waals surface area contributed by atoms with Gasteiger partial charge in [-0.25, -0.2) is 4.79 Å². The number of piperidine rings is 1. The molecule has 1 aromatic heterocycles. The van der Waals surface area contributed by atoms with Gasteiger partial charge in [0, 0.05) is 49.9 Å². The van der Waals surface area contributed by atoms with Crippen molar-refractivity contribution in [1.82, 2.24) is 20.5 Å². The maximum absolute atomic E-state index is 12.8. The number of nitrogens with zero attached hydrogens (tertiary/aromatic N) is 1. The topological polar surface area (TPSA) is 128 Å². The predicted molar refractivity (Wildman–Crippen MR) is 198 cm³/mol. The Morgan fingerprint density at radius 1 is 0.918 bits per heavy atom. The zero-order valence-electron chi connectivity index (χ0n) is 27.6. The van der Waals surface area contributed by atoms with Gasteiger partial charge in [-0.15, -0.1) is 0 Å². The first-order valence-electron chi connectivity index (χ1n) is 16.7. The third kappa shape index (κ3) is 9.14. The molecular weight excluding hydrogens is 637 g/mol. The Bertz CT molecular complexity index is 1920. The number of para-hydroxylation sites is 1. The molecule has 0 aliphatic carbocycles. The van der Waals surface area contributed by atoms with Crippen molar-refractivity contribution in [3.05, 3.63) is 112 Å². The number of carbonyl (C=O) groups excluding carboxylic acids is 2. The van der Waals surface area contributed by atoms with E-state index in [0.29, 0.717) is 25.3 Å². The quantitative estimate of drug-likeness (QED) is 0.0943. The molecular formula is C38H42N6O4S. The minimum atomic E-state index is -0.199. The number of H-pyrrole nitrogens is 1. The summed E-state index contributed by atoms with van der Waals surface area (Å²) in [6.07, 6.45) is 2.87. The number of ether oxygens (including phenoxy) is 1. The molecule has 1 saturated heterocycles. The molecule has 6 rings (SSSR count). The molecule has 0 unspecified atom stereocenters. The van der Waals surface area contributed by atoms with Gasteiger partial charge in [0.25, 0.3) is 0 Å². The molecule has 0 radical (unpaired) electrons. The van der Waals surface area contributed by atoms with E-state index in [9.17, 15) is 14.4 Å². The summed E-state index contributed by atoms with van der Waals surface area (Å²) in [5, 5.41) is 12.6. The van der Waals surface area contributed by atoms with E-state index >= 15 is 0 Å². The van der Waals surface area contributed by atoms with Gasteiger partial charge < -0.3 is 35.9 Å². The Kier molecular flexibility index (Phi) is 11.4. The van der Waals surface area contributed by atoms with Crippen LogP contribution in [0.1, 0.15) is 30.4 Å². The van der Waals surface area contributed by atoms with Gasteiger partial charge in [-0.1, -0.05) is 78.1 Å². The second-order valence-electron chi connectivity index (χ2n) is 12.2. The number of urea groups is 1. The van der Waals surface area contributed by atoms with Gasteiger partial charge in [-0.05, 0) is 66.8 Å². The summed E-state index contributed by atoms with van der Waals surface area (Å²) in [7, 11) is 1.60. The van der Waals surface area contributed by atoms with Gasteiger partial charge in [0.1, 0.15) is 11.3 Å². The molecule has 1 fully saturated rings. The zero-order valence-corrected chi connectivity index (χ0v) is 28.4. The molecule has 254 valence electrons. The second kappa shape index (κ2) is 16.4. The van der Waals surface area contributed by atoms with E-state index in [1.54, 1.807) is 7.11 Å². The summed E-state index contributed by atoms with van der Waals surface area (Å²) in [5.74, 6) is 0.663. The van der Waals surface area contributed by atoms with Crippen molar-refractivity contribution in [3.63, 3.8) is 0 Å². The first kappa shape index (κ1) is 33.9. The molecule has 2 heterocycles. The summed E-state index contributed by atoms with van der Waals surface area (Å²) >= 11 is 1.21. The number of benzene rings is 4. The van der Waals surface area contributed by atoms with Gasteiger partial charge in [0.05, 0.1) is 17.5 Å². The third-order valence-corrected chi connectivity index (χ3v) is 9.78. The largest absolute Gasteiger partial charge is 0.495 e. The van der Waals surface area contributed by atoms with Gasteiger partial charge in [0.15, 0.2) is 0 Å². The minimum absolute atomic E-state index is 0.0135. The number of carbonyl (C=O) groups is 2. The van der Waals surface area contributed by atoms with Crippen LogP contribution in [-0.4, -0.2) is 61.2 Å². The number of rotatable bonds is 13. The lowest BCUT2D eigenvalue weighted by atomic mass is 10.0. The van der Waals surface area contributed by atoms with E-state index in [2.05, 4.69) is 31.2 Å². The van der Waals surface area contributed by atoms with E-state index in [4.69, 9.17) is 4.74 Å². The van der Waals surface area contributed by atoms with Crippen LogP contribution in [0.5, 0.6) is 5.75 Å². The molecule has 0 saturated carbocycles. The Balaban J connectivity index is 0.872. The number of hydrogen-bond acceptors (Lipinski definition) is 7. The third-order valence-electron chi connectivity index (χ3n) is 8.82. The highest BCUT2D eigenvalue weighted by molar-refractivity contribution is 7.16. The Morgan fingerprint density at radius 3 is 2.45 bits per heavy atom. The lowest BCUT2D eigenvalue weighted by Gasteiger charge is -2.32. The van der Waals surface area contributed by atoms with Crippen LogP contribution in [0.25, 0.3) is 21.3 Å². The summed E-state index contributed by atoms with van der Waals surface area (Å²) < 4.78 is 6.31. The molecule has 0 atom stereocenters. The maximum Gasteiger partial charge on any atom is 0.319 e. The van der Waals surface area contributed by atoms with Crippen molar-refractivity contribution < 1.29 is 14.3 Å². The normalized spacial score (nSPS) is 13.7. The summed E-state index contributed by atoms with van der Waals surface area (Å²) in [6.45, 7) is 3.79. The number of anilines is 2. The number of thiazole rings is 1. The zero-order chi connectivity index (χ0) is 34.0. The van der Waals surface area contributed by atoms with E-state index in [1.807, 2.05) is 91.0 Å². The second-order valence-corrected chi connectivity index (χ2v) is 13.2. The fourth-order valence-corrected chi connectivity index (χ4v) is 7.07. The highest BCUT2D eigenvalue weighted by Crippen LogP contribution is 2.29. The number of nitrogens with one attached hydrogen (secondary N) is 5. The van der Waals surface area contributed by atoms with Crippen LogP contribution >= 0.6 is 11.3 Å². The summed E-state index contributed by atoms with van der Waals surface area (Å²) in [4.78, 5) is 42.5. The van der Waals surface area contributed by atoms with Crippen LogP contribution in [0.15, 0.2) is 95.8 Å². The molecule has 10 nitrogen and oxygen atoms in total. The molecule has 0 bridgehead atoms. The van der Waals surface area contributed by atoms with Crippen molar-refractivity contribution in [2.75, 3.05) is 43.9 Å². The van der Waals surface area contributed by atoms with Gasteiger partial charge in [0.2, 0.25) is 5.91 Å². The van der Waals surface area contributed by atoms with Crippen LogP contribution in [0.3, 0.4) is 0 Å². The first-order chi connectivity index (χ1) is 23.9. The van der Waals surface area contributed by atoms with Crippen molar-refractivity contribution in [2.45, 2.75) is 38.3 Å². The van der Waals surface area contributed by atoms with E-state index < -0.39 is 0 Å². The van der Waals surface area contributed by atoms with Crippen LogP contribution in [0.2, 0.25) is 0 Å². The molecule has 3 amide bonds. The number of methoxy groups -OCH3 is 1. The minimum Gasteiger partial charge on any atom is -0.495 e. The highest BCUT2D eigenvalue weighted by Gasteiger charge is 2.21. The fraction of sp³-hybridized carbons (Fsp3) is 0.289. The predicted octanol–water partition coefficient (Wildman–Crippen LogP) is 6.21. The molecule has 4 aromatic carbocycles. The summed E-state index contributed by atoms with van der Waals surface area (Å²) in [6, 6.07) is 29.5. The van der Waals surface area contributed by atoms with Gasteiger partial charge in [-0.3, -0.25) is 9.59 Å². The molecule has 11 heteroatoms. The van der Waals surface area contributed by atoms with Crippen LogP contribution in [-0.2, 0) is 17.8 Å². The van der Waals surface area contributed by atoms with Crippen LogP contribution in [0.4, 0.5) is 16.2 Å². The SMILES string of the molecule is COc1ccc(CCNCc2ccc(NC(=O)CCN3CCC(NC(=O)Nc4ccccc4-c4ccccc4)CC3)cc2)c2sc(=O)[nH]c12. The molecule has 1 aliphatic rings.